The van der Waals surface area contributed by atoms with Crippen LogP contribution < -0.4 is 5.32 Å². The fourth-order valence-electron chi connectivity index (χ4n) is 3.09. The Bertz CT molecular complexity index is 942. The van der Waals surface area contributed by atoms with Crippen molar-refractivity contribution in [3.8, 4) is 0 Å². The molecule has 1 unspecified atom stereocenters. The molecule has 2 aromatic heterocycles. The van der Waals surface area contributed by atoms with E-state index in [1.165, 1.54) is 0 Å². The van der Waals surface area contributed by atoms with E-state index in [0.29, 0.717) is 17.1 Å². The highest BCUT2D eigenvalue weighted by atomic mass is 35.5. The Hall–Kier alpha value is -2.60. The summed E-state index contributed by atoms with van der Waals surface area (Å²) in [5.41, 5.74) is 4.44. The van der Waals surface area contributed by atoms with Crippen LogP contribution in [0.1, 0.15) is 52.9 Å². The molecule has 3 aromatic rings. The summed E-state index contributed by atoms with van der Waals surface area (Å²) in [6.07, 6.45) is 1.75. The van der Waals surface area contributed by atoms with Crippen molar-refractivity contribution in [2.45, 2.75) is 46.8 Å². The fourth-order valence-corrected chi connectivity index (χ4v) is 3.23. The van der Waals surface area contributed by atoms with Gasteiger partial charge < -0.3 is 5.32 Å². The van der Waals surface area contributed by atoms with E-state index in [2.05, 4.69) is 15.5 Å². The van der Waals surface area contributed by atoms with Gasteiger partial charge in [0.1, 0.15) is 0 Å². The molecule has 1 N–H and O–H groups in total. The van der Waals surface area contributed by atoms with Gasteiger partial charge in [0.2, 0.25) is 0 Å². The second-order valence-corrected chi connectivity index (χ2v) is 6.98. The summed E-state index contributed by atoms with van der Waals surface area (Å²) in [5, 5.41) is 12.4. The predicted octanol–water partition coefficient (Wildman–Crippen LogP) is 3.91. The molecule has 2 heterocycles. The predicted molar refractivity (Wildman–Crippen MR) is 106 cm³/mol. The number of nitrogens with zero attached hydrogens (tertiary/aromatic N) is 4. The van der Waals surface area contributed by atoms with Crippen LogP contribution in [-0.4, -0.2) is 25.5 Å². The molecule has 7 heteroatoms. The van der Waals surface area contributed by atoms with Crippen molar-refractivity contribution in [2.75, 3.05) is 0 Å². The van der Waals surface area contributed by atoms with Gasteiger partial charge in [-0.3, -0.25) is 14.2 Å². The normalized spacial score (nSPS) is 12.2. The Morgan fingerprint density at radius 2 is 1.89 bits per heavy atom. The van der Waals surface area contributed by atoms with E-state index < -0.39 is 0 Å². The van der Waals surface area contributed by atoms with Crippen LogP contribution in [0.5, 0.6) is 0 Å². The topological polar surface area (TPSA) is 64.7 Å². The summed E-state index contributed by atoms with van der Waals surface area (Å²) < 4.78 is 3.76. The van der Waals surface area contributed by atoms with Crippen LogP contribution in [0.2, 0.25) is 5.02 Å². The van der Waals surface area contributed by atoms with Crippen LogP contribution in [0.15, 0.2) is 36.5 Å². The molecule has 0 bridgehead atoms. The number of carbonyl (C=O) groups is 1. The number of hydrogen-bond donors (Lipinski definition) is 1. The van der Waals surface area contributed by atoms with Crippen LogP contribution in [-0.2, 0) is 13.1 Å². The van der Waals surface area contributed by atoms with Crippen LogP contribution >= 0.6 is 11.6 Å². The van der Waals surface area contributed by atoms with Gasteiger partial charge in [0.25, 0.3) is 5.91 Å². The Kier molecular flexibility index (Phi) is 5.65. The van der Waals surface area contributed by atoms with Crippen molar-refractivity contribution in [3.05, 3.63) is 69.8 Å². The first kappa shape index (κ1) is 19.2. The number of benzene rings is 1. The fraction of sp³-hybridized carbons (Fsp3) is 0.350. The standard InChI is InChI=1S/C20H24ClN5O/c1-5-25-18(10-11-22-25)13(2)23-20(27)17-8-6-16(7-9-17)12-26-15(4)19(21)14(3)24-26/h6-11,13H,5,12H2,1-4H3,(H,23,27). The molecule has 0 aliphatic heterocycles. The minimum atomic E-state index is -0.114. The number of aromatic nitrogens is 4. The van der Waals surface area contributed by atoms with Gasteiger partial charge in [0.15, 0.2) is 0 Å². The van der Waals surface area contributed by atoms with Crippen LogP contribution in [0.25, 0.3) is 0 Å². The number of nitrogens with one attached hydrogen (secondary N) is 1. The van der Waals surface area contributed by atoms with E-state index in [1.807, 2.05) is 67.4 Å². The van der Waals surface area contributed by atoms with Gasteiger partial charge >= 0.3 is 0 Å². The number of hydrogen-bond acceptors (Lipinski definition) is 3. The quantitative estimate of drug-likeness (QED) is 0.699. The second-order valence-electron chi connectivity index (χ2n) is 6.61. The second kappa shape index (κ2) is 7.96. The minimum absolute atomic E-state index is 0.105. The summed E-state index contributed by atoms with van der Waals surface area (Å²) >= 11 is 6.20. The number of amides is 1. The number of halogens is 1. The lowest BCUT2D eigenvalue weighted by Crippen LogP contribution is -2.28. The zero-order chi connectivity index (χ0) is 19.6. The van der Waals surface area contributed by atoms with Crippen LogP contribution in [0, 0.1) is 13.8 Å². The smallest absolute Gasteiger partial charge is 0.251 e. The maximum absolute atomic E-state index is 12.5. The summed E-state index contributed by atoms with van der Waals surface area (Å²) in [7, 11) is 0. The Labute approximate surface area is 164 Å². The first-order valence-electron chi connectivity index (χ1n) is 9.01. The SMILES string of the molecule is CCn1nccc1C(C)NC(=O)c1ccc(Cn2nc(C)c(Cl)c2C)cc1. The Balaban J connectivity index is 1.67. The lowest BCUT2D eigenvalue weighted by molar-refractivity contribution is 0.0938. The molecule has 0 radical (unpaired) electrons. The average Bonchev–Trinajstić information content (AvgIpc) is 3.23. The van der Waals surface area contributed by atoms with Gasteiger partial charge in [0.05, 0.1) is 34.7 Å². The summed E-state index contributed by atoms with van der Waals surface area (Å²) in [6.45, 7) is 9.22. The molecule has 0 aliphatic rings. The van der Waals surface area contributed by atoms with Gasteiger partial charge in [-0.2, -0.15) is 10.2 Å². The van der Waals surface area contributed by atoms with Gasteiger partial charge in [-0.1, -0.05) is 23.7 Å². The van der Waals surface area contributed by atoms with Gasteiger partial charge in [0, 0.05) is 18.3 Å². The molecule has 1 aromatic carbocycles. The highest BCUT2D eigenvalue weighted by Crippen LogP contribution is 2.20. The van der Waals surface area contributed by atoms with E-state index in [1.54, 1.807) is 6.20 Å². The number of aryl methyl sites for hydroxylation is 2. The molecule has 27 heavy (non-hydrogen) atoms. The molecule has 0 saturated heterocycles. The van der Waals surface area contributed by atoms with E-state index in [0.717, 1.165) is 29.2 Å². The molecule has 0 saturated carbocycles. The number of rotatable bonds is 6. The van der Waals surface area contributed by atoms with Crippen LogP contribution in [0.4, 0.5) is 0 Å². The first-order valence-corrected chi connectivity index (χ1v) is 9.39. The van der Waals surface area contributed by atoms with E-state index in [4.69, 9.17) is 11.6 Å². The van der Waals surface area contributed by atoms with E-state index in [-0.39, 0.29) is 11.9 Å². The highest BCUT2D eigenvalue weighted by molar-refractivity contribution is 6.31. The first-order chi connectivity index (χ1) is 12.9. The van der Waals surface area contributed by atoms with Crippen molar-refractivity contribution < 1.29 is 4.79 Å². The molecule has 1 atom stereocenters. The van der Waals surface area contributed by atoms with Gasteiger partial charge in [-0.15, -0.1) is 0 Å². The van der Waals surface area contributed by atoms with Crippen LogP contribution in [0.3, 0.4) is 0 Å². The molecular formula is C20H24ClN5O. The lowest BCUT2D eigenvalue weighted by atomic mass is 10.1. The summed E-state index contributed by atoms with van der Waals surface area (Å²) in [4.78, 5) is 12.5. The third-order valence-electron chi connectivity index (χ3n) is 4.68. The molecular weight excluding hydrogens is 362 g/mol. The molecule has 0 aliphatic carbocycles. The third-order valence-corrected chi connectivity index (χ3v) is 5.23. The van der Waals surface area contributed by atoms with Crippen molar-refractivity contribution in [1.82, 2.24) is 24.9 Å². The zero-order valence-corrected chi connectivity index (χ0v) is 16.8. The van der Waals surface area contributed by atoms with Gasteiger partial charge in [-0.25, -0.2) is 0 Å². The summed E-state index contributed by atoms with van der Waals surface area (Å²) in [5.74, 6) is -0.105. The lowest BCUT2D eigenvalue weighted by Gasteiger charge is -2.15. The molecule has 1 amide bonds. The maximum Gasteiger partial charge on any atom is 0.251 e. The van der Waals surface area contributed by atoms with Gasteiger partial charge in [-0.05, 0) is 51.5 Å². The van der Waals surface area contributed by atoms with Crippen molar-refractivity contribution >= 4 is 17.5 Å². The Morgan fingerprint density at radius 1 is 1.19 bits per heavy atom. The Morgan fingerprint density at radius 3 is 2.48 bits per heavy atom. The highest BCUT2D eigenvalue weighted by Gasteiger charge is 2.15. The third kappa shape index (κ3) is 4.06. The van der Waals surface area contributed by atoms with E-state index in [9.17, 15) is 4.79 Å². The molecule has 142 valence electrons. The minimum Gasteiger partial charge on any atom is -0.344 e. The van der Waals surface area contributed by atoms with Crippen molar-refractivity contribution in [3.63, 3.8) is 0 Å². The molecule has 6 nitrogen and oxygen atoms in total. The molecule has 0 spiro atoms. The molecule has 0 fully saturated rings. The van der Waals surface area contributed by atoms with Crippen molar-refractivity contribution in [2.24, 2.45) is 0 Å². The number of carbonyl (C=O) groups excluding carboxylic acids is 1. The summed E-state index contributed by atoms with van der Waals surface area (Å²) in [6, 6.07) is 9.37. The average molecular weight is 386 g/mol. The molecule has 3 rings (SSSR count). The largest absolute Gasteiger partial charge is 0.344 e. The monoisotopic (exact) mass is 385 g/mol. The maximum atomic E-state index is 12.5. The zero-order valence-electron chi connectivity index (χ0n) is 16.0. The van der Waals surface area contributed by atoms with E-state index >= 15 is 0 Å². The van der Waals surface area contributed by atoms with Crippen molar-refractivity contribution in [1.29, 1.82) is 0 Å².